The van der Waals surface area contributed by atoms with Gasteiger partial charge < -0.3 is 8.98 Å². The molecule has 0 N–H and O–H groups in total. The molecule has 6 heteroatoms. The number of hydrogen-bond acceptors (Lipinski definition) is 5. The van der Waals surface area contributed by atoms with E-state index in [0.717, 1.165) is 69.1 Å². The first-order valence-corrected chi connectivity index (χ1v) is 23.2. The predicted molar refractivity (Wildman–Crippen MR) is 271 cm³/mol. The van der Waals surface area contributed by atoms with Crippen molar-refractivity contribution in [2.75, 3.05) is 0 Å². The maximum Gasteiger partial charge on any atom is 0.167 e. The molecule has 0 saturated carbocycles. The van der Waals surface area contributed by atoms with Crippen LogP contribution in [0, 0.1) is 5.92 Å². The molecule has 4 heterocycles. The maximum atomic E-state index is 7.00. The minimum absolute atomic E-state index is 0.340. The Labute approximate surface area is 377 Å². The van der Waals surface area contributed by atoms with Crippen molar-refractivity contribution < 1.29 is 4.42 Å². The van der Waals surface area contributed by atoms with Crippen LogP contribution >= 0.6 is 11.3 Å². The fourth-order valence-electron chi connectivity index (χ4n) is 10.5. The number of thiophene rings is 1. The van der Waals surface area contributed by atoms with Crippen molar-refractivity contribution in [2.24, 2.45) is 5.92 Å². The van der Waals surface area contributed by atoms with Gasteiger partial charge in [-0.25, -0.2) is 15.0 Å². The number of fused-ring (bicyclic) bond motifs is 12. The van der Waals surface area contributed by atoms with Crippen LogP contribution in [0.3, 0.4) is 0 Å². The number of hydrogen-bond donors (Lipinski definition) is 0. The Balaban J connectivity index is 1.02. The van der Waals surface area contributed by atoms with Crippen LogP contribution in [-0.2, 0) is 0 Å². The van der Waals surface area contributed by atoms with Crippen molar-refractivity contribution >= 4 is 92.8 Å². The van der Waals surface area contributed by atoms with Gasteiger partial charge in [0.15, 0.2) is 17.5 Å². The van der Waals surface area contributed by atoms with Gasteiger partial charge in [-0.15, -0.1) is 11.3 Å². The summed E-state index contributed by atoms with van der Waals surface area (Å²) < 4.78 is 12.0. The van der Waals surface area contributed by atoms with Crippen LogP contribution < -0.4 is 10.6 Å². The minimum atomic E-state index is 0.340. The predicted octanol–water partition coefficient (Wildman–Crippen LogP) is 14.0. The van der Waals surface area contributed by atoms with Crippen LogP contribution in [0.1, 0.15) is 24.8 Å². The number of aromatic nitrogens is 4. The molecule has 4 aromatic heterocycles. The second-order valence-corrected chi connectivity index (χ2v) is 18.4. The number of nitrogens with zero attached hydrogens (tertiary/aromatic N) is 4. The Bertz CT molecular complexity index is 4100. The van der Waals surface area contributed by atoms with Gasteiger partial charge in [-0.1, -0.05) is 134 Å². The van der Waals surface area contributed by atoms with Gasteiger partial charge in [0.05, 0.1) is 27.5 Å². The molecular formula is C59H38N4OS. The molecule has 5 nitrogen and oxygen atoms in total. The van der Waals surface area contributed by atoms with Crippen molar-refractivity contribution in [3.8, 4) is 39.9 Å². The van der Waals surface area contributed by atoms with Crippen molar-refractivity contribution in [3.05, 3.63) is 198 Å². The highest BCUT2D eigenvalue weighted by Gasteiger charge is 2.25. The molecule has 14 rings (SSSR count). The zero-order chi connectivity index (χ0) is 42.6. The summed E-state index contributed by atoms with van der Waals surface area (Å²) in [5.41, 5.74) is 10.3. The van der Waals surface area contributed by atoms with Gasteiger partial charge in [-0.3, -0.25) is 0 Å². The van der Waals surface area contributed by atoms with Crippen LogP contribution in [-0.4, -0.2) is 19.5 Å². The molecule has 0 aliphatic heterocycles. The van der Waals surface area contributed by atoms with E-state index in [4.69, 9.17) is 19.4 Å². The molecule has 11 aromatic rings. The molecular weight excluding hydrogens is 813 g/mol. The average molecular weight is 851 g/mol. The molecule has 65 heavy (non-hydrogen) atoms. The van der Waals surface area contributed by atoms with Crippen molar-refractivity contribution in [2.45, 2.75) is 19.3 Å². The lowest BCUT2D eigenvalue weighted by Crippen LogP contribution is -2.33. The van der Waals surface area contributed by atoms with E-state index in [9.17, 15) is 0 Å². The number of rotatable bonds is 5. The third-order valence-electron chi connectivity index (χ3n) is 13.6. The molecule has 0 amide bonds. The fraction of sp³-hybridized carbons (Fsp3) is 0.0678. The van der Waals surface area contributed by atoms with E-state index in [-0.39, 0.29) is 0 Å². The lowest BCUT2D eigenvalue weighted by molar-refractivity contribution is 0.669. The number of allylic oxidation sites excluding steroid dienone is 8. The standard InChI is InChI=1S/C59H38N4OS/c1-2-12-35(13-3-1)36-22-24-38(25-23-36)57-60-58(41-27-31-53-46(33-41)43-18-9-11-21-52(43)65-53)62-59(61-57)45-28-30-49(55-44-19-8-10-20-51(44)64-56(45)55)63-48-29-26-37-14-6-7-17-42(37)54(48)47-32-39-15-4-5-16-40(39)34-50(47)63/h1-2,4-12,14,16-34,39H,3,13,15H2. The smallest absolute Gasteiger partial charge is 0.167 e. The molecule has 3 aliphatic rings. The summed E-state index contributed by atoms with van der Waals surface area (Å²) in [7, 11) is 0. The summed E-state index contributed by atoms with van der Waals surface area (Å²) in [5.74, 6) is 2.13. The lowest BCUT2D eigenvalue weighted by Gasteiger charge is -2.18. The Hall–Kier alpha value is -7.93. The van der Waals surface area contributed by atoms with Crippen LogP contribution in [0.25, 0.3) is 121 Å². The Kier molecular flexibility index (Phi) is 8.04. The normalized spacial score (nSPS) is 15.7. The first-order valence-electron chi connectivity index (χ1n) is 22.4. The average Bonchev–Trinajstić information content (AvgIpc) is 4.05. The van der Waals surface area contributed by atoms with E-state index in [2.05, 4.69) is 187 Å². The highest BCUT2D eigenvalue weighted by atomic mass is 32.1. The summed E-state index contributed by atoms with van der Waals surface area (Å²) in [6, 6.07) is 50.0. The SMILES string of the molecule is C1=CCCC(c2ccc(-c3nc(-c4ccc5sc6ccccc6c5c4)nc(-c4ccc(-n5c6c(c7c8ccccc8ccc75)=CC5CC=CC=C5C=6)c5c4oc4ccccc45)n3)cc2)=C1. The number of para-hydroxylation sites is 1. The summed E-state index contributed by atoms with van der Waals surface area (Å²) in [4.78, 5) is 15.9. The summed E-state index contributed by atoms with van der Waals surface area (Å²) in [6.07, 6.45) is 21.3. The summed E-state index contributed by atoms with van der Waals surface area (Å²) >= 11 is 1.81. The van der Waals surface area contributed by atoms with Gasteiger partial charge in [0.25, 0.3) is 0 Å². The number of furan rings is 1. The Morgan fingerprint density at radius 1 is 0.600 bits per heavy atom. The Morgan fingerprint density at radius 2 is 1.35 bits per heavy atom. The van der Waals surface area contributed by atoms with E-state index in [1.807, 2.05) is 17.4 Å². The minimum Gasteiger partial charge on any atom is -0.455 e. The monoisotopic (exact) mass is 850 g/mol. The summed E-state index contributed by atoms with van der Waals surface area (Å²) in [6.45, 7) is 0. The molecule has 306 valence electrons. The zero-order valence-corrected chi connectivity index (χ0v) is 36.0. The molecule has 1 atom stereocenters. The van der Waals surface area contributed by atoms with E-state index in [1.54, 1.807) is 0 Å². The molecule has 1 unspecified atom stereocenters. The van der Waals surface area contributed by atoms with E-state index in [1.165, 1.54) is 63.6 Å². The molecule has 0 spiro atoms. The highest BCUT2D eigenvalue weighted by molar-refractivity contribution is 7.25. The van der Waals surface area contributed by atoms with Crippen LogP contribution in [0.2, 0.25) is 0 Å². The largest absolute Gasteiger partial charge is 0.455 e. The molecule has 7 aromatic carbocycles. The third-order valence-corrected chi connectivity index (χ3v) is 14.8. The van der Waals surface area contributed by atoms with Gasteiger partial charge >= 0.3 is 0 Å². The fourth-order valence-corrected chi connectivity index (χ4v) is 11.6. The van der Waals surface area contributed by atoms with Crippen LogP contribution in [0.4, 0.5) is 0 Å². The molecule has 0 bridgehead atoms. The van der Waals surface area contributed by atoms with Gasteiger partial charge in [-0.2, -0.15) is 0 Å². The zero-order valence-electron chi connectivity index (χ0n) is 35.2. The van der Waals surface area contributed by atoms with E-state index < -0.39 is 0 Å². The molecule has 0 radical (unpaired) electrons. The van der Waals surface area contributed by atoms with Gasteiger partial charge in [0.1, 0.15) is 11.2 Å². The third kappa shape index (κ3) is 5.73. The van der Waals surface area contributed by atoms with Gasteiger partial charge in [-0.05, 0) is 101 Å². The number of benzene rings is 7. The topological polar surface area (TPSA) is 56.7 Å². The van der Waals surface area contributed by atoms with Crippen molar-refractivity contribution in [3.63, 3.8) is 0 Å². The van der Waals surface area contributed by atoms with E-state index >= 15 is 0 Å². The quantitative estimate of drug-likeness (QED) is 0.173. The highest BCUT2D eigenvalue weighted by Crippen LogP contribution is 2.42. The van der Waals surface area contributed by atoms with Crippen molar-refractivity contribution in [1.82, 2.24) is 19.5 Å². The van der Waals surface area contributed by atoms with Crippen LogP contribution in [0.5, 0.6) is 0 Å². The first kappa shape index (κ1) is 36.5. The lowest BCUT2D eigenvalue weighted by atomic mass is 9.87. The second kappa shape index (κ2) is 14.3. The van der Waals surface area contributed by atoms with Crippen LogP contribution in [0.15, 0.2) is 186 Å². The van der Waals surface area contributed by atoms with Gasteiger partial charge in [0.2, 0.25) is 0 Å². The molecule has 0 saturated heterocycles. The van der Waals surface area contributed by atoms with Gasteiger partial charge in [0, 0.05) is 53.2 Å². The molecule has 0 fully saturated rings. The first-order chi connectivity index (χ1) is 32.2. The maximum absolute atomic E-state index is 7.00. The molecule has 3 aliphatic carbocycles. The second-order valence-electron chi connectivity index (χ2n) is 17.3. The van der Waals surface area contributed by atoms with Crippen molar-refractivity contribution in [1.29, 1.82) is 0 Å². The Morgan fingerprint density at radius 3 is 2.25 bits per heavy atom. The summed E-state index contributed by atoms with van der Waals surface area (Å²) in [5, 5.41) is 10.7. The van der Waals surface area contributed by atoms with E-state index in [0.29, 0.717) is 23.4 Å².